The number of pyridine rings is 1. The third-order valence-electron chi connectivity index (χ3n) is 3.13. The Morgan fingerprint density at radius 3 is 1.77 bits per heavy atom. The molecule has 4 nitrogen and oxygen atoms in total. The van der Waals surface area contributed by atoms with Gasteiger partial charge < -0.3 is 0 Å². The van der Waals surface area contributed by atoms with Gasteiger partial charge in [-0.25, -0.2) is 4.98 Å². The van der Waals surface area contributed by atoms with Crippen molar-refractivity contribution in [2.75, 3.05) is 4.72 Å². The van der Waals surface area contributed by atoms with Gasteiger partial charge in [0, 0.05) is 10.8 Å². The van der Waals surface area contributed by atoms with Crippen LogP contribution in [0.15, 0.2) is 48.5 Å². The Kier molecular flexibility index (Phi) is 3.21. The normalized spacial score (nSPS) is 12.7. The number of fused-ring (bicyclic) bond motifs is 2. The summed E-state index contributed by atoms with van der Waals surface area (Å²) in [5.41, 5.74) is -4.71. The summed E-state index contributed by atoms with van der Waals surface area (Å²) in [4.78, 5) is 4.31. The molecule has 3 rings (SSSR count). The minimum atomic E-state index is -5.51. The average molecular weight is 326 g/mol. The number of halogens is 3. The van der Waals surface area contributed by atoms with Crippen molar-refractivity contribution in [2.24, 2.45) is 0 Å². The number of nitrogens with one attached hydrogen (secondary N) is 1. The maximum atomic E-state index is 12.7. The molecule has 114 valence electrons. The highest BCUT2D eigenvalue weighted by molar-refractivity contribution is 7.93. The number of benzene rings is 2. The van der Waals surface area contributed by atoms with E-state index in [1.807, 2.05) is 0 Å². The third kappa shape index (κ3) is 2.35. The average Bonchev–Trinajstić information content (AvgIpc) is 2.45. The third-order valence-corrected chi connectivity index (χ3v) is 4.21. The Bertz CT molecular complexity index is 915. The molecule has 1 heterocycles. The lowest BCUT2D eigenvalue weighted by atomic mass is 10.1. The van der Waals surface area contributed by atoms with E-state index in [2.05, 4.69) is 4.98 Å². The molecular weight excluding hydrogens is 317 g/mol. The van der Waals surface area contributed by atoms with Gasteiger partial charge in [-0.15, -0.1) is 0 Å². The lowest BCUT2D eigenvalue weighted by Crippen LogP contribution is -2.30. The molecule has 8 heteroatoms. The first kappa shape index (κ1) is 14.6. The van der Waals surface area contributed by atoms with Crippen LogP contribution in [0.3, 0.4) is 0 Å². The topological polar surface area (TPSA) is 59.1 Å². The summed E-state index contributed by atoms with van der Waals surface area (Å²) in [6, 6.07) is 12.8. The summed E-state index contributed by atoms with van der Waals surface area (Å²) in [5.74, 6) is 0. The molecule has 0 saturated carbocycles. The summed E-state index contributed by atoms with van der Waals surface area (Å²) in [7, 11) is -5.51. The number of hydrogen-bond donors (Lipinski definition) is 1. The molecule has 22 heavy (non-hydrogen) atoms. The van der Waals surface area contributed by atoms with Crippen LogP contribution in [-0.2, 0) is 10.0 Å². The van der Waals surface area contributed by atoms with Crippen LogP contribution in [0.2, 0.25) is 0 Å². The molecule has 0 unspecified atom stereocenters. The first-order valence-corrected chi connectivity index (χ1v) is 7.64. The molecule has 0 aliphatic rings. The van der Waals surface area contributed by atoms with E-state index in [1.54, 1.807) is 41.1 Å². The fourth-order valence-corrected chi connectivity index (χ4v) is 2.75. The number of anilines is 1. The van der Waals surface area contributed by atoms with Crippen LogP contribution < -0.4 is 4.72 Å². The van der Waals surface area contributed by atoms with Crippen molar-refractivity contribution in [3.8, 4) is 0 Å². The first-order chi connectivity index (χ1) is 10.3. The molecule has 1 aromatic heterocycles. The van der Waals surface area contributed by atoms with Crippen LogP contribution in [0.4, 0.5) is 18.9 Å². The summed E-state index contributed by atoms with van der Waals surface area (Å²) in [6.45, 7) is 0. The van der Waals surface area contributed by atoms with Crippen LogP contribution in [0.5, 0.6) is 0 Å². The van der Waals surface area contributed by atoms with Crippen LogP contribution in [-0.4, -0.2) is 18.9 Å². The Labute approximate surface area is 123 Å². The van der Waals surface area contributed by atoms with Crippen LogP contribution in [0, 0.1) is 0 Å². The molecular formula is C14H9F3N2O2S. The second-order valence-electron chi connectivity index (χ2n) is 4.57. The molecule has 0 amide bonds. The van der Waals surface area contributed by atoms with Gasteiger partial charge in [0.15, 0.2) is 0 Å². The van der Waals surface area contributed by atoms with Gasteiger partial charge in [-0.2, -0.15) is 21.6 Å². The lowest BCUT2D eigenvalue weighted by Gasteiger charge is -2.14. The SMILES string of the molecule is O=S(=O)(Nc1c2ccccc2nc2ccccc12)C(F)(F)F. The van der Waals surface area contributed by atoms with Crippen molar-refractivity contribution in [3.63, 3.8) is 0 Å². The molecule has 0 spiro atoms. The highest BCUT2D eigenvalue weighted by Crippen LogP contribution is 2.34. The lowest BCUT2D eigenvalue weighted by molar-refractivity contribution is -0.0429. The quantitative estimate of drug-likeness (QED) is 0.731. The number of rotatable bonds is 2. The second-order valence-corrected chi connectivity index (χ2v) is 6.25. The molecule has 3 aromatic rings. The van der Waals surface area contributed by atoms with Gasteiger partial charge in [-0.3, -0.25) is 4.72 Å². The van der Waals surface area contributed by atoms with Gasteiger partial charge in [0.2, 0.25) is 0 Å². The maximum absolute atomic E-state index is 12.7. The number of aromatic nitrogens is 1. The van der Waals surface area contributed by atoms with Crippen LogP contribution >= 0.6 is 0 Å². The molecule has 0 bridgehead atoms. The fourth-order valence-electron chi connectivity index (χ4n) is 2.14. The highest BCUT2D eigenvalue weighted by Gasteiger charge is 2.46. The number of para-hydroxylation sites is 2. The summed E-state index contributed by atoms with van der Waals surface area (Å²) in [6.07, 6.45) is 0. The Morgan fingerprint density at radius 1 is 0.864 bits per heavy atom. The van der Waals surface area contributed by atoms with Gasteiger partial charge in [0.05, 0.1) is 16.7 Å². The van der Waals surface area contributed by atoms with Crippen LogP contribution in [0.25, 0.3) is 21.8 Å². The predicted octanol–water partition coefficient (Wildman–Crippen LogP) is 3.65. The number of hydrogen-bond acceptors (Lipinski definition) is 3. The highest BCUT2D eigenvalue weighted by atomic mass is 32.2. The van der Waals surface area contributed by atoms with Crippen molar-refractivity contribution in [1.29, 1.82) is 0 Å². The van der Waals surface area contributed by atoms with Crippen LogP contribution in [0.1, 0.15) is 0 Å². The number of nitrogens with zero attached hydrogens (tertiary/aromatic N) is 1. The molecule has 0 atom stereocenters. The predicted molar refractivity (Wildman–Crippen MR) is 77.8 cm³/mol. The Hall–Kier alpha value is -2.35. The van der Waals surface area contributed by atoms with Gasteiger partial charge in [0.25, 0.3) is 0 Å². The van der Waals surface area contributed by atoms with E-state index in [0.717, 1.165) is 0 Å². The fraction of sp³-hybridized carbons (Fsp3) is 0.0714. The van der Waals surface area contributed by atoms with E-state index in [1.165, 1.54) is 12.1 Å². The summed E-state index contributed by atoms with van der Waals surface area (Å²) in [5, 5.41) is 0.600. The molecule has 0 saturated heterocycles. The van der Waals surface area contributed by atoms with E-state index < -0.39 is 15.5 Å². The molecule has 0 aliphatic carbocycles. The van der Waals surface area contributed by atoms with E-state index >= 15 is 0 Å². The van der Waals surface area contributed by atoms with E-state index in [0.29, 0.717) is 21.8 Å². The van der Waals surface area contributed by atoms with Crippen molar-refractivity contribution >= 4 is 37.5 Å². The number of alkyl halides is 3. The Morgan fingerprint density at radius 2 is 1.32 bits per heavy atom. The Balaban J connectivity index is 2.34. The molecule has 0 aliphatic heterocycles. The second kappa shape index (κ2) is 4.84. The minimum Gasteiger partial charge on any atom is -0.275 e. The van der Waals surface area contributed by atoms with E-state index in [-0.39, 0.29) is 5.69 Å². The zero-order valence-electron chi connectivity index (χ0n) is 10.9. The molecule has 2 aromatic carbocycles. The standard InChI is InChI=1S/C14H9F3N2O2S/c15-14(16,17)22(20,21)19-13-9-5-1-3-7-11(9)18-12-8-4-2-6-10(12)13/h1-8H,(H,18,19). The zero-order valence-corrected chi connectivity index (χ0v) is 11.7. The van der Waals surface area contributed by atoms with Gasteiger partial charge in [0.1, 0.15) is 0 Å². The minimum absolute atomic E-state index is 0.126. The molecule has 0 radical (unpaired) electrons. The van der Waals surface area contributed by atoms with Crippen molar-refractivity contribution in [1.82, 2.24) is 4.98 Å². The zero-order chi connectivity index (χ0) is 16.0. The van der Waals surface area contributed by atoms with Gasteiger partial charge in [-0.1, -0.05) is 36.4 Å². The largest absolute Gasteiger partial charge is 0.516 e. The first-order valence-electron chi connectivity index (χ1n) is 6.16. The smallest absolute Gasteiger partial charge is 0.275 e. The van der Waals surface area contributed by atoms with E-state index in [4.69, 9.17) is 0 Å². The van der Waals surface area contributed by atoms with Crippen molar-refractivity contribution in [2.45, 2.75) is 5.51 Å². The van der Waals surface area contributed by atoms with E-state index in [9.17, 15) is 21.6 Å². The number of sulfonamides is 1. The van der Waals surface area contributed by atoms with Gasteiger partial charge >= 0.3 is 15.5 Å². The summed E-state index contributed by atoms with van der Waals surface area (Å²) < 4.78 is 62.5. The monoisotopic (exact) mass is 326 g/mol. The molecule has 1 N–H and O–H groups in total. The summed E-state index contributed by atoms with van der Waals surface area (Å²) >= 11 is 0. The molecule has 0 fully saturated rings. The van der Waals surface area contributed by atoms with Crippen molar-refractivity contribution in [3.05, 3.63) is 48.5 Å². The van der Waals surface area contributed by atoms with Gasteiger partial charge in [-0.05, 0) is 12.1 Å². The maximum Gasteiger partial charge on any atom is 0.516 e. The van der Waals surface area contributed by atoms with Crippen molar-refractivity contribution < 1.29 is 21.6 Å².